The van der Waals surface area contributed by atoms with Gasteiger partial charge in [-0.05, 0) is 12.8 Å². The highest BCUT2D eigenvalue weighted by Gasteiger charge is 2.00. The first-order valence-corrected chi connectivity index (χ1v) is 4.63. The first-order valence-electron chi connectivity index (χ1n) is 4.63. The summed E-state index contributed by atoms with van der Waals surface area (Å²) in [5, 5.41) is 0. The molecule has 0 saturated carbocycles. The van der Waals surface area contributed by atoms with E-state index < -0.39 is 0 Å². The van der Waals surface area contributed by atoms with Crippen molar-refractivity contribution in [2.24, 2.45) is 0 Å². The Labute approximate surface area is 74.0 Å². The molecule has 0 aromatic rings. The molecular weight excluding hydrogens is 156 g/mol. The summed E-state index contributed by atoms with van der Waals surface area (Å²) in [6.07, 6.45) is 4.46. The van der Waals surface area contributed by atoms with Crippen molar-refractivity contribution in [1.82, 2.24) is 0 Å². The molecule has 0 fully saturated rings. The van der Waals surface area contributed by atoms with Gasteiger partial charge in [-0.1, -0.05) is 26.7 Å². The summed E-state index contributed by atoms with van der Waals surface area (Å²) in [5.41, 5.74) is 0. The number of hydrogen-bond donors (Lipinski definition) is 0. The molecule has 0 aliphatic heterocycles. The normalized spacial score (nSPS) is 9.83. The van der Waals surface area contributed by atoms with E-state index in [0.717, 1.165) is 25.7 Å². The van der Waals surface area contributed by atoms with Crippen LogP contribution in [0.1, 0.15) is 46.0 Å². The van der Waals surface area contributed by atoms with E-state index in [-0.39, 0.29) is 5.97 Å². The minimum absolute atomic E-state index is 0.269. The van der Waals surface area contributed by atoms with Crippen LogP contribution in [-0.4, -0.2) is 12.6 Å². The predicted octanol–water partition coefficient (Wildman–Crippen LogP) is 2.45. The lowest BCUT2D eigenvalue weighted by Crippen LogP contribution is -2.05. The molecule has 0 atom stereocenters. The van der Waals surface area contributed by atoms with E-state index in [1.807, 2.05) is 6.92 Å². The van der Waals surface area contributed by atoms with E-state index in [2.05, 4.69) is 11.8 Å². The molecule has 0 unspecified atom stereocenters. The Morgan fingerprint density at radius 1 is 1.17 bits per heavy atom. The molecule has 0 aromatic heterocycles. The third-order valence-electron chi connectivity index (χ3n) is 1.44. The lowest BCUT2D eigenvalue weighted by molar-refractivity contribution is -0.272. The van der Waals surface area contributed by atoms with Gasteiger partial charge in [-0.15, -0.1) is 0 Å². The molecule has 0 aliphatic rings. The van der Waals surface area contributed by atoms with Crippen LogP contribution in [-0.2, 0) is 14.6 Å². The van der Waals surface area contributed by atoms with Crippen molar-refractivity contribution < 1.29 is 14.6 Å². The van der Waals surface area contributed by atoms with Crippen LogP contribution in [0.4, 0.5) is 0 Å². The zero-order valence-corrected chi connectivity index (χ0v) is 7.97. The van der Waals surface area contributed by atoms with Crippen molar-refractivity contribution in [2.45, 2.75) is 46.0 Å². The van der Waals surface area contributed by atoms with Crippen LogP contribution in [0.3, 0.4) is 0 Å². The quantitative estimate of drug-likeness (QED) is 0.338. The molecule has 0 amide bonds. The molecule has 0 bridgehead atoms. The number of carbonyl (C=O) groups is 1. The van der Waals surface area contributed by atoms with Gasteiger partial charge in [-0.25, -0.2) is 4.79 Å². The topological polar surface area (TPSA) is 35.5 Å². The van der Waals surface area contributed by atoms with Crippen LogP contribution in [0.5, 0.6) is 0 Å². The Morgan fingerprint density at radius 3 is 2.50 bits per heavy atom. The maximum Gasteiger partial charge on any atom is 0.342 e. The van der Waals surface area contributed by atoms with E-state index in [4.69, 9.17) is 4.89 Å². The Bertz CT molecular complexity index is 112. The average molecular weight is 174 g/mol. The number of rotatable bonds is 7. The van der Waals surface area contributed by atoms with Crippen LogP contribution in [0.2, 0.25) is 0 Å². The highest BCUT2D eigenvalue weighted by atomic mass is 17.2. The maximum atomic E-state index is 10.7. The van der Waals surface area contributed by atoms with Gasteiger partial charge in [0.1, 0.15) is 0 Å². The van der Waals surface area contributed by atoms with Crippen LogP contribution in [0, 0.1) is 0 Å². The van der Waals surface area contributed by atoms with Gasteiger partial charge in [0, 0.05) is 6.42 Å². The summed E-state index contributed by atoms with van der Waals surface area (Å²) in [5.74, 6) is -0.269. The minimum Gasteiger partial charge on any atom is -0.298 e. The zero-order valence-electron chi connectivity index (χ0n) is 7.97. The molecule has 0 N–H and O–H groups in total. The maximum absolute atomic E-state index is 10.7. The van der Waals surface area contributed by atoms with Crippen LogP contribution in [0.25, 0.3) is 0 Å². The second-order valence-corrected chi connectivity index (χ2v) is 2.73. The van der Waals surface area contributed by atoms with E-state index >= 15 is 0 Å². The molecule has 12 heavy (non-hydrogen) atoms. The molecule has 3 heteroatoms. The van der Waals surface area contributed by atoms with Crippen molar-refractivity contribution in [2.75, 3.05) is 6.61 Å². The largest absolute Gasteiger partial charge is 0.342 e. The lowest BCUT2D eigenvalue weighted by atomic mass is 10.3. The van der Waals surface area contributed by atoms with Crippen LogP contribution >= 0.6 is 0 Å². The van der Waals surface area contributed by atoms with E-state index in [9.17, 15) is 4.79 Å². The minimum atomic E-state index is -0.269. The van der Waals surface area contributed by atoms with Crippen molar-refractivity contribution in [1.29, 1.82) is 0 Å². The Hall–Kier alpha value is -0.570. The van der Waals surface area contributed by atoms with Crippen molar-refractivity contribution in [3.63, 3.8) is 0 Å². The molecule has 0 heterocycles. The number of carbonyl (C=O) groups excluding carboxylic acids is 1. The fourth-order valence-electron chi connectivity index (χ4n) is 0.764. The lowest BCUT2D eigenvalue weighted by Gasteiger charge is -2.01. The summed E-state index contributed by atoms with van der Waals surface area (Å²) in [6, 6.07) is 0. The van der Waals surface area contributed by atoms with Crippen molar-refractivity contribution in [3.05, 3.63) is 0 Å². The smallest absolute Gasteiger partial charge is 0.298 e. The molecule has 3 nitrogen and oxygen atoms in total. The summed E-state index contributed by atoms with van der Waals surface area (Å²) >= 11 is 0. The van der Waals surface area contributed by atoms with Gasteiger partial charge in [0.15, 0.2) is 0 Å². The zero-order chi connectivity index (χ0) is 9.23. The number of unbranched alkanes of at least 4 members (excludes halogenated alkanes) is 2. The van der Waals surface area contributed by atoms with Gasteiger partial charge in [0.2, 0.25) is 0 Å². The SMILES string of the molecule is CCCCCOOC(=O)CCC. The Kier molecular flexibility index (Phi) is 8.12. The fourth-order valence-corrected chi connectivity index (χ4v) is 0.764. The molecule has 0 aromatic carbocycles. The molecule has 0 aliphatic carbocycles. The molecule has 0 saturated heterocycles. The van der Waals surface area contributed by atoms with Crippen molar-refractivity contribution in [3.8, 4) is 0 Å². The second kappa shape index (κ2) is 8.53. The first kappa shape index (κ1) is 11.4. The first-order chi connectivity index (χ1) is 5.81. The molecule has 72 valence electrons. The summed E-state index contributed by atoms with van der Waals surface area (Å²) in [7, 11) is 0. The Morgan fingerprint density at radius 2 is 1.92 bits per heavy atom. The fraction of sp³-hybridized carbons (Fsp3) is 0.889. The van der Waals surface area contributed by atoms with Gasteiger partial charge in [-0.3, -0.25) is 4.89 Å². The van der Waals surface area contributed by atoms with Crippen molar-refractivity contribution >= 4 is 5.97 Å². The molecule has 0 spiro atoms. The van der Waals surface area contributed by atoms with Crippen LogP contribution < -0.4 is 0 Å². The highest BCUT2D eigenvalue weighted by Crippen LogP contribution is 1.96. The predicted molar refractivity (Wildman–Crippen MR) is 46.5 cm³/mol. The van der Waals surface area contributed by atoms with Gasteiger partial charge in [0.05, 0.1) is 6.61 Å². The van der Waals surface area contributed by atoms with Crippen LogP contribution in [0.15, 0.2) is 0 Å². The van der Waals surface area contributed by atoms with Gasteiger partial charge in [-0.2, -0.15) is 4.89 Å². The van der Waals surface area contributed by atoms with E-state index in [0.29, 0.717) is 13.0 Å². The number of hydrogen-bond acceptors (Lipinski definition) is 3. The summed E-state index contributed by atoms with van der Waals surface area (Å²) < 4.78 is 0. The third-order valence-corrected chi connectivity index (χ3v) is 1.44. The molecular formula is C9H18O3. The summed E-state index contributed by atoms with van der Waals surface area (Å²) in [6.45, 7) is 4.56. The van der Waals surface area contributed by atoms with E-state index in [1.54, 1.807) is 0 Å². The molecule has 0 rings (SSSR count). The third kappa shape index (κ3) is 7.54. The molecule has 0 radical (unpaired) electrons. The Balaban J connectivity index is 3.03. The highest BCUT2D eigenvalue weighted by molar-refractivity contribution is 5.68. The summed E-state index contributed by atoms with van der Waals surface area (Å²) in [4.78, 5) is 19.9. The van der Waals surface area contributed by atoms with Gasteiger partial charge < -0.3 is 0 Å². The second-order valence-electron chi connectivity index (χ2n) is 2.73. The van der Waals surface area contributed by atoms with E-state index in [1.165, 1.54) is 0 Å². The standard InChI is InChI=1S/C9H18O3/c1-3-5-6-8-11-12-9(10)7-4-2/h3-8H2,1-2H3. The average Bonchev–Trinajstić information content (AvgIpc) is 2.05. The monoisotopic (exact) mass is 174 g/mol. The van der Waals surface area contributed by atoms with Gasteiger partial charge in [0.25, 0.3) is 0 Å². The van der Waals surface area contributed by atoms with Gasteiger partial charge >= 0.3 is 5.97 Å².